The van der Waals surface area contributed by atoms with Gasteiger partial charge < -0.3 is 20.4 Å². The first-order chi connectivity index (χ1) is 12.1. The van der Waals surface area contributed by atoms with E-state index in [1.54, 1.807) is 0 Å². The molecule has 1 aliphatic carbocycles. The number of piperazine rings is 1. The van der Waals surface area contributed by atoms with E-state index in [-0.39, 0.29) is 18.4 Å². The molecule has 2 amide bonds. The average Bonchev–Trinajstić information content (AvgIpc) is 3.34. The number of halogens is 3. The van der Waals surface area contributed by atoms with Gasteiger partial charge in [-0.25, -0.2) is 4.79 Å². The van der Waals surface area contributed by atoms with Crippen molar-refractivity contribution in [2.24, 2.45) is 0 Å². The normalized spacial score (nSPS) is 20.9. The Labute approximate surface area is 146 Å². The minimum atomic E-state index is -5.08. The summed E-state index contributed by atoms with van der Waals surface area (Å²) >= 11 is 0. The van der Waals surface area contributed by atoms with E-state index in [0.29, 0.717) is 19.4 Å². The Balaban J connectivity index is 0.000000298. The highest BCUT2D eigenvalue weighted by molar-refractivity contribution is 6.01. The number of carboxylic acid groups (broad SMARTS) is 1. The minimum absolute atomic E-state index is 0.0741. The Morgan fingerprint density at radius 1 is 1.23 bits per heavy atom. The summed E-state index contributed by atoms with van der Waals surface area (Å²) in [6.07, 6.45) is -3.69. The van der Waals surface area contributed by atoms with Crippen LogP contribution in [0.25, 0.3) is 0 Å². The Hall–Kier alpha value is -2.62. The maximum absolute atomic E-state index is 12.4. The van der Waals surface area contributed by atoms with E-state index in [4.69, 9.17) is 9.90 Å². The van der Waals surface area contributed by atoms with Crippen molar-refractivity contribution in [1.82, 2.24) is 10.2 Å². The topological polar surface area (TPSA) is 107 Å². The van der Waals surface area contributed by atoms with E-state index in [0.717, 1.165) is 5.56 Å². The van der Waals surface area contributed by atoms with Gasteiger partial charge in [-0.15, -0.1) is 0 Å². The third kappa shape index (κ3) is 4.31. The second kappa shape index (κ2) is 7.32. The molecule has 3 N–H and O–H groups in total. The number of alkyl halides is 3. The molecule has 1 aromatic carbocycles. The molecule has 3 rings (SSSR count). The second-order valence-electron chi connectivity index (χ2n) is 5.99. The van der Waals surface area contributed by atoms with Crippen molar-refractivity contribution in [2.45, 2.75) is 37.1 Å². The largest absolute Gasteiger partial charge is 0.490 e. The standard InChI is InChI=1S/C14H16N2O3.C2HF3O2/c17-9-11-12(18)15-14(6-7-14)13(19)16(11)8-10-4-2-1-3-5-10;3-2(4,5)1(6)7/h1-5,11,17H,6-9H2,(H,15,18);(H,6,7). The van der Waals surface area contributed by atoms with Gasteiger partial charge in [0.1, 0.15) is 11.6 Å². The lowest BCUT2D eigenvalue weighted by molar-refractivity contribution is -0.192. The van der Waals surface area contributed by atoms with Crippen LogP contribution in [0.1, 0.15) is 18.4 Å². The summed E-state index contributed by atoms with van der Waals surface area (Å²) in [4.78, 5) is 34.8. The summed E-state index contributed by atoms with van der Waals surface area (Å²) in [7, 11) is 0. The number of aliphatic hydroxyl groups is 1. The summed E-state index contributed by atoms with van der Waals surface area (Å²) in [5.74, 6) is -3.09. The number of carboxylic acids is 1. The predicted octanol–water partition coefficient (Wildman–Crippen LogP) is 0.672. The third-order valence-electron chi connectivity index (χ3n) is 4.07. The molecule has 26 heavy (non-hydrogen) atoms. The van der Waals surface area contributed by atoms with E-state index >= 15 is 0 Å². The van der Waals surface area contributed by atoms with Crippen molar-refractivity contribution in [2.75, 3.05) is 6.61 Å². The van der Waals surface area contributed by atoms with Crippen LogP contribution in [0.2, 0.25) is 0 Å². The highest BCUT2D eigenvalue weighted by Crippen LogP contribution is 2.40. The van der Waals surface area contributed by atoms with Crippen LogP contribution in [0, 0.1) is 0 Å². The summed E-state index contributed by atoms with van der Waals surface area (Å²) in [5.41, 5.74) is 0.275. The first kappa shape index (κ1) is 19.7. The Morgan fingerprint density at radius 2 is 1.77 bits per heavy atom. The number of nitrogens with one attached hydrogen (secondary N) is 1. The lowest BCUT2D eigenvalue weighted by atomic mass is 10.0. The van der Waals surface area contributed by atoms with Crippen molar-refractivity contribution in [1.29, 1.82) is 0 Å². The number of benzene rings is 1. The number of amides is 2. The van der Waals surface area contributed by atoms with Gasteiger partial charge in [0.05, 0.1) is 6.61 Å². The van der Waals surface area contributed by atoms with Crippen LogP contribution >= 0.6 is 0 Å². The SMILES string of the molecule is O=C(O)C(F)(F)F.O=C1NC2(CC2)C(=O)N(Cc2ccccc2)C1CO. The zero-order valence-electron chi connectivity index (χ0n) is 13.5. The summed E-state index contributed by atoms with van der Waals surface area (Å²) in [5, 5.41) is 19.2. The molecule has 142 valence electrons. The van der Waals surface area contributed by atoms with Crippen LogP contribution in [0.15, 0.2) is 30.3 Å². The number of rotatable bonds is 3. The summed E-state index contributed by atoms with van der Waals surface area (Å²) in [6, 6.07) is 8.73. The molecular weight excluding hydrogens is 357 g/mol. The van der Waals surface area contributed by atoms with Crippen molar-refractivity contribution in [3.05, 3.63) is 35.9 Å². The van der Waals surface area contributed by atoms with Crippen molar-refractivity contribution in [3.8, 4) is 0 Å². The van der Waals surface area contributed by atoms with Crippen LogP contribution < -0.4 is 5.32 Å². The molecule has 1 spiro atoms. The first-order valence-electron chi connectivity index (χ1n) is 7.69. The quantitative estimate of drug-likeness (QED) is 0.721. The molecule has 1 heterocycles. The number of carbonyl (C=O) groups excluding carboxylic acids is 2. The predicted molar refractivity (Wildman–Crippen MR) is 81.7 cm³/mol. The van der Waals surface area contributed by atoms with Crippen LogP contribution in [-0.2, 0) is 20.9 Å². The molecule has 2 fully saturated rings. The fourth-order valence-corrected chi connectivity index (χ4v) is 2.54. The van der Waals surface area contributed by atoms with Crippen LogP contribution in [0.4, 0.5) is 13.2 Å². The van der Waals surface area contributed by atoms with Crippen molar-refractivity contribution >= 4 is 17.8 Å². The highest BCUT2D eigenvalue weighted by atomic mass is 19.4. The number of hydrogen-bond acceptors (Lipinski definition) is 4. The highest BCUT2D eigenvalue weighted by Gasteiger charge is 2.58. The molecule has 1 saturated carbocycles. The number of carbonyl (C=O) groups is 3. The number of hydrogen-bond donors (Lipinski definition) is 3. The van der Waals surface area contributed by atoms with Gasteiger partial charge in [0.2, 0.25) is 11.8 Å². The monoisotopic (exact) mass is 374 g/mol. The second-order valence-corrected chi connectivity index (χ2v) is 5.99. The maximum Gasteiger partial charge on any atom is 0.490 e. The van der Waals surface area contributed by atoms with E-state index < -0.39 is 23.7 Å². The molecule has 1 saturated heterocycles. The molecule has 1 unspecified atom stereocenters. The van der Waals surface area contributed by atoms with Crippen LogP contribution in [-0.4, -0.2) is 57.3 Å². The zero-order valence-corrected chi connectivity index (χ0v) is 13.5. The number of aliphatic carboxylic acids is 1. The lowest BCUT2D eigenvalue weighted by Gasteiger charge is -2.38. The van der Waals surface area contributed by atoms with Gasteiger partial charge in [0.25, 0.3) is 0 Å². The summed E-state index contributed by atoms with van der Waals surface area (Å²) in [6.45, 7) is 0.0144. The van der Waals surface area contributed by atoms with Crippen LogP contribution in [0.3, 0.4) is 0 Å². The minimum Gasteiger partial charge on any atom is -0.475 e. The lowest BCUT2D eigenvalue weighted by Crippen LogP contribution is -2.65. The molecule has 1 aliphatic heterocycles. The fourth-order valence-electron chi connectivity index (χ4n) is 2.54. The molecule has 0 radical (unpaired) electrons. The van der Waals surface area contributed by atoms with Gasteiger partial charge in [-0.05, 0) is 18.4 Å². The molecule has 1 aromatic rings. The van der Waals surface area contributed by atoms with Gasteiger partial charge in [0, 0.05) is 6.54 Å². The summed E-state index contributed by atoms with van der Waals surface area (Å²) < 4.78 is 31.7. The van der Waals surface area contributed by atoms with Crippen LogP contribution in [0.5, 0.6) is 0 Å². The Morgan fingerprint density at radius 3 is 2.19 bits per heavy atom. The number of nitrogens with zero attached hydrogens (tertiary/aromatic N) is 1. The molecule has 1 atom stereocenters. The van der Waals surface area contributed by atoms with Gasteiger partial charge in [-0.2, -0.15) is 13.2 Å². The van der Waals surface area contributed by atoms with E-state index in [1.165, 1.54) is 4.90 Å². The van der Waals surface area contributed by atoms with Gasteiger partial charge in [-0.1, -0.05) is 30.3 Å². The van der Waals surface area contributed by atoms with Gasteiger partial charge >= 0.3 is 12.1 Å². The Bertz CT molecular complexity index is 689. The van der Waals surface area contributed by atoms with Gasteiger partial charge in [0.15, 0.2) is 0 Å². The molecule has 7 nitrogen and oxygen atoms in total. The fraction of sp³-hybridized carbons (Fsp3) is 0.438. The zero-order chi connectivity index (χ0) is 19.5. The van der Waals surface area contributed by atoms with Crippen molar-refractivity contribution in [3.63, 3.8) is 0 Å². The van der Waals surface area contributed by atoms with Crippen molar-refractivity contribution < 1.29 is 37.8 Å². The van der Waals surface area contributed by atoms with E-state index in [9.17, 15) is 27.9 Å². The third-order valence-corrected chi connectivity index (χ3v) is 4.07. The molecule has 0 bridgehead atoms. The molecule has 2 aliphatic rings. The number of aliphatic hydroxyl groups excluding tert-OH is 1. The van der Waals surface area contributed by atoms with E-state index in [1.807, 2.05) is 30.3 Å². The first-order valence-corrected chi connectivity index (χ1v) is 7.69. The van der Waals surface area contributed by atoms with Gasteiger partial charge in [-0.3, -0.25) is 9.59 Å². The molecule has 10 heteroatoms. The average molecular weight is 374 g/mol. The van der Waals surface area contributed by atoms with E-state index in [2.05, 4.69) is 5.32 Å². The smallest absolute Gasteiger partial charge is 0.475 e. The Kier molecular flexibility index (Phi) is 5.55. The molecule has 0 aromatic heterocycles. The maximum atomic E-state index is 12.4. The molecular formula is C16H17F3N2O5.